The van der Waals surface area contributed by atoms with Gasteiger partial charge in [-0.3, -0.25) is 9.97 Å². The van der Waals surface area contributed by atoms with Gasteiger partial charge in [-0.2, -0.15) is 0 Å². The largest absolute Gasteiger partial charge is 0.330 e. The maximum Gasteiger partial charge on any atom is 0.129 e. The van der Waals surface area contributed by atoms with Crippen LogP contribution in [0.25, 0.3) is 22.3 Å². The van der Waals surface area contributed by atoms with Crippen LogP contribution in [-0.2, 0) is 13.1 Å². The van der Waals surface area contributed by atoms with Crippen molar-refractivity contribution in [1.82, 2.24) is 29.1 Å². The molecular formula is C23H26N6S. The van der Waals surface area contributed by atoms with Gasteiger partial charge < -0.3 is 9.13 Å². The van der Waals surface area contributed by atoms with E-state index in [0.717, 1.165) is 34.7 Å². The predicted molar refractivity (Wildman–Crippen MR) is 123 cm³/mol. The predicted octanol–water partition coefficient (Wildman–Crippen LogP) is 5.53. The van der Waals surface area contributed by atoms with Crippen LogP contribution in [0.1, 0.15) is 26.6 Å². The molecule has 6 nitrogen and oxygen atoms in total. The number of pyridine rings is 1. The molecule has 0 saturated heterocycles. The van der Waals surface area contributed by atoms with Gasteiger partial charge in [-0.25, -0.2) is 9.97 Å². The standard InChI is InChI=1S/C18H17N5.C3H3NS.C2H6/c1-2-23-17-11-20-15(14-6-4-3-5-7-14)10-16(17)21-18(23)12-22-9-8-19-13-22;1-2-5-3-4-1;1-2/h3-11,13H,2,12H2,1H3;1-3H;1-2H3. The summed E-state index contributed by atoms with van der Waals surface area (Å²) in [5.41, 5.74) is 5.91. The van der Waals surface area contributed by atoms with Gasteiger partial charge in [-0.1, -0.05) is 44.2 Å². The summed E-state index contributed by atoms with van der Waals surface area (Å²) in [6.45, 7) is 7.71. The summed E-state index contributed by atoms with van der Waals surface area (Å²) < 4.78 is 4.23. The molecular weight excluding hydrogens is 392 g/mol. The quantitative estimate of drug-likeness (QED) is 0.385. The Bertz CT molecular complexity index is 1100. The van der Waals surface area contributed by atoms with E-state index in [9.17, 15) is 0 Å². The molecule has 0 spiro atoms. The van der Waals surface area contributed by atoms with E-state index in [1.165, 1.54) is 0 Å². The molecule has 0 saturated carbocycles. The summed E-state index contributed by atoms with van der Waals surface area (Å²) in [6.07, 6.45) is 9.24. The van der Waals surface area contributed by atoms with Crippen molar-refractivity contribution in [3.8, 4) is 11.3 Å². The van der Waals surface area contributed by atoms with E-state index < -0.39 is 0 Å². The zero-order chi connectivity index (χ0) is 21.2. The fraction of sp³-hybridized carbons (Fsp3) is 0.217. The Morgan fingerprint density at radius 3 is 2.47 bits per heavy atom. The Balaban J connectivity index is 0.000000316. The van der Waals surface area contributed by atoms with Crippen molar-refractivity contribution in [3.63, 3.8) is 0 Å². The molecule has 4 heterocycles. The first-order valence-corrected chi connectivity index (χ1v) is 11.0. The van der Waals surface area contributed by atoms with Gasteiger partial charge in [0.05, 0.1) is 41.3 Å². The number of hydrogen-bond donors (Lipinski definition) is 0. The van der Waals surface area contributed by atoms with Crippen molar-refractivity contribution in [2.75, 3.05) is 0 Å². The Morgan fingerprint density at radius 1 is 1.03 bits per heavy atom. The highest BCUT2D eigenvalue weighted by Gasteiger charge is 2.11. The topological polar surface area (TPSA) is 61.4 Å². The highest BCUT2D eigenvalue weighted by atomic mass is 32.1. The van der Waals surface area contributed by atoms with E-state index in [1.54, 1.807) is 29.2 Å². The number of aromatic nitrogens is 6. The monoisotopic (exact) mass is 418 g/mol. The highest BCUT2D eigenvalue weighted by Crippen LogP contribution is 2.23. The van der Waals surface area contributed by atoms with E-state index in [-0.39, 0.29) is 0 Å². The molecule has 0 atom stereocenters. The second-order valence-corrected chi connectivity index (χ2v) is 6.86. The molecule has 4 aromatic heterocycles. The minimum atomic E-state index is 0.711. The minimum Gasteiger partial charge on any atom is -0.330 e. The van der Waals surface area contributed by atoms with Crippen LogP contribution in [0, 0.1) is 0 Å². The molecule has 0 aliphatic heterocycles. The van der Waals surface area contributed by atoms with Crippen LogP contribution >= 0.6 is 11.3 Å². The lowest BCUT2D eigenvalue weighted by Gasteiger charge is -2.06. The van der Waals surface area contributed by atoms with Crippen molar-refractivity contribution in [3.05, 3.63) is 84.2 Å². The number of thiazole rings is 1. The first kappa shape index (κ1) is 21.4. The number of nitrogens with zero attached hydrogens (tertiary/aromatic N) is 6. The first-order chi connectivity index (χ1) is 14.8. The van der Waals surface area contributed by atoms with Crippen molar-refractivity contribution in [2.24, 2.45) is 0 Å². The molecule has 5 aromatic rings. The molecule has 0 aliphatic carbocycles. The number of benzene rings is 1. The summed E-state index contributed by atoms with van der Waals surface area (Å²) in [4.78, 5) is 17.3. The number of hydrogen-bond acceptors (Lipinski definition) is 5. The molecule has 0 N–H and O–H groups in total. The summed E-state index contributed by atoms with van der Waals surface area (Å²) in [5.74, 6) is 1.02. The molecule has 154 valence electrons. The van der Waals surface area contributed by atoms with E-state index >= 15 is 0 Å². The van der Waals surface area contributed by atoms with Crippen LogP contribution in [0.3, 0.4) is 0 Å². The van der Waals surface area contributed by atoms with Gasteiger partial charge in [0.15, 0.2) is 0 Å². The number of rotatable bonds is 4. The minimum absolute atomic E-state index is 0.711. The zero-order valence-corrected chi connectivity index (χ0v) is 18.3. The highest BCUT2D eigenvalue weighted by molar-refractivity contribution is 7.07. The van der Waals surface area contributed by atoms with Crippen LogP contribution in [0.15, 0.2) is 78.4 Å². The normalized spacial score (nSPS) is 10.1. The molecule has 0 bridgehead atoms. The average Bonchev–Trinajstić information content (AvgIpc) is 3.58. The third-order valence-corrected chi connectivity index (χ3v) is 4.85. The van der Waals surface area contributed by atoms with Crippen LogP contribution in [0.5, 0.6) is 0 Å². The average molecular weight is 419 g/mol. The Kier molecular flexibility index (Phi) is 7.86. The lowest BCUT2D eigenvalue weighted by molar-refractivity contribution is 0.663. The van der Waals surface area contributed by atoms with Crippen molar-refractivity contribution < 1.29 is 0 Å². The lowest BCUT2D eigenvalue weighted by atomic mass is 10.1. The van der Waals surface area contributed by atoms with E-state index in [2.05, 4.69) is 44.6 Å². The van der Waals surface area contributed by atoms with Gasteiger partial charge in [0.1, 0.15) is 5.82 Å². The molecule has 0 aliphatic rings. The third kappa shape index (κ3) is 5.18. The first-order valence-electron chi connectivity index (χ1n) is 10.0. The third-order valence-electron chi connectivity index (χ3n) is 4.33. The number of imidazole rings is 2. The van der Waals surface area contributed by atoms with Crippen LogP contribution in [-0.4, -0.2) is 29.1 Å². The van der Waals surface area contributed by atoms with Gasteiger partial charge in [-0.15, -0.1) is 11.3 Å². The SMILES string of the molecule is CC.CCn1c(Cn2ccnc2)nc2cc(-c3ccccc3)ncc21.c1cscn1. The maximum atomic E-state index is 4.82. The number of aryl methyl sites for hydroxylation is 1. The van der Waals surface area contributed by atoms with Gasteiger partial charge in [0.25, 0.3) is 0 Å². The van der Waals surface area contributed by atoms with Gasteiger partial charge >= 0.3 is 0 Å². The molecule has 30 heavy (non-hydrogen) atoms. The van der Waals surface area contributed by atoms with Crippen molar-refractivity contribution in [1.29, 1.82) is 0 Å². The molecule has 0 fully saturated rings. The Labute approximate surface area is 180 Å². The van der Waals surface area contributed by atoms with Gasteiger partial charge in [0, 0.05) is 36.1 Å². The van der Waals surface area contributed by atoms with Crippen LogP contribution in [0.4, 0.5) is 0 Å². The van der Waals surface area contributed by atoms with Crippen molar-refractivity contribution in [2.45, 2.75) is 33.9 Å². The van der Waals surface area contributed by atoms with Crippen molar-refractivity contribution >= 4 is 22.4 Å². The second-order valence-electron chi connectivity index (χ2n) is 6.11. The maximum absolute atomic E-state index is 4.82. The van der Waals surface area contributed by atoms with Gasteiger partial charge in [0.2, 0.25) is 0 Å². The summed E-state index contributed by atoms with van der Waals surface area (Å²) in [6, 6.07) is 12.3. The molecule has 1 aromatic carbocycles. The van der Waals surface area contributed by atoms with E-state index in [0.29, 0.717) is 6.54 Å². The molecule has 0 amide bonds. The van der Waals surface area contributed by atoms with E-state index in [4.69, 9.17) is 4.98 Å². The number of fused-ring (bicyclic) bond motifs is 1. The summed E-state index contributed by atoms with van der Waals surface area (Å²) in [7, 11) is 0. The second kappa shape index (κ2) is 11.0. The van der Waals surface area contributed by atoms with E-state index in [1.807, 2.05) is 60.7 Å². The molecule has 0 radical (unpaired) electrons. The van der Waals surface area contributed by atoms with Gasteiger partial charge in [-0.05, 0) is 13.0 Å². The summed E-state index contributed by atoms with van der Waals surface area (Å²) in [5, 5.41) is 1.93. The zero-order valence-electron chi connectivity index (χ0n) is 17.5. The lowest BCUT2D eigenvalue weighted by Crippen LogP contribution is -2.06. The Morgan fingerprint density at radius 2 is 1.87 bits per heavy atom. The molecule has 5 rings (SSSR count). The smallest absolute Gasteiger partial charge is 0.129 e. The summed E-state index contributed by atoms with van der Waals surface area (Å²) >= 11 is 1.60. The molecule has 7 heteroatoms. The fourth-order valence-corrected chi connectivity index (χ4v) is 3.38. The Hall–Kier alpha value is -3.32. The molecule has 0 unspecified atom stereocenters. The van der Waals surface area contributed by atoms with Crippen LogP contribution < -0.4 is 0 Å². The van der Waals surface area contributed by atoms with Crippen LogP contribution in [0.2, 0.25) is 0 Å². The fourth-order valence-electron chi connectivity index (χ4n) is 3.03.